The molecule has 2 amide bonds. The van der Waals surface area contributed by atoms with E-state index in [1.807, 2.05) is 0 Å². The van der Waals surface area contributed by atoms with Crippen molar-refractivity contribution in [3.05, 3.63) is 42.2 Å². The van der Waals surface area contributed by atoms with Gasteiger partial charge in [0.15, 0.2) is 0 Å². The van der Waals surface area contributed by atoms with Gasteiger partial charge >= 0.3 is 12.0 Å². The predicted molar refractivity (Wildman–Crippen MR) is 74.0 cm³/mol. The maximum atomic E-state index is 13.5. The van der Waals surface area contributed by atoms with E-state index in [0.29, 0.717) is 5.57 Å². The van der Waals surface area contributed by atoms with Crippen molar-refractivity contribution >= 4 is 17.7 Å². The second-order valence-corrected chi connectivity index (χ2v) is 4.16. The lowest BCUT2D eigenvalue weighted by atomic mass is 10.3. The van der Waals surface area contributed by atoms with Gasteiger partial charge in [0, 0.05) is 12.6 Å². The van der Waals surface area contributed by atoms with Gasteiger partial charge in [-0.2, -0.15) is 0 Å². The van der Waals surface area contributed by atoms with E-state index in [-0.39, 0.29) is 18.8 Å². The number of rotatable bonds is 5. The first kappa shape index (κ1) is 15.7. The number of nitrogens with one attached hydrogen (secondary N) is 1. The zero-order chi connectivity index (χ0) is 15.1. The van der Waals surface area contributed by atoms with E-state index in [1.165, 1.54) is 26.1 Å². The molecule has 108 valence electrons. The van der Waals surface area contributed by atoms with Crippen LogP contribution < -0.4 is 10.2 Å². The number of esters is 1. The van der Waals surface area contributed by atoms with Crippen LogP contribution in [0, 0.1) is 5.82 Å². The largest absolute Gasteiger partial charge is 0.460 e. The standard InChI is InChI=1S/C14H17FN2O3/c1-10(2)13(18)20-9-8-16-14(19)17(3)12-7-5-4-6-11(12)15/h4-7H,1,8-9H2,2-3H3,(H,16,19). The molecule has 0 saturated carbocycles. The average molecular weight is 280 g/mol. The summed E-state index contributed by atoms with van der Waals surface area (Å²) in [7, 11) is 1.45. The normalized spacial score (nSPS) is 9.75. The molecule has 0 spiro atoms. The number of urea groups is 1. The molecule has 0 unspecified atom stereocenters. The number of nitrogens with zero attached hydrogens (tertiary/aromatic N) is 1. The molecule has 0 saturated heterocycles. The maximum Gasteiger partial charge on any atom is 0.333 e. The Labute approximate surface area is 117 Å². The van der Waals surface area contributed by atoms with Gasteiger partial charge in [0.05, 0.1) is 12.2 Å². The lowest BCUT2D eigenvalue weighted by Crippen LogP contribution is -2.39. The molecule has 0 radical (unpaired) electrons. The fraction of sp³-hybridized carbons (Fsp3) is 0.286. The summed E-state index contributed by atoms with van der Waals surface area (Å²) in [6.07, 6.45) is 0. The van der Waals surface area contributed by atoms with E-state index in [9.17, 15) is 14.0 Å². The van der Waals surface area contributed by atoms with Gasteiger partial charge in [-0.1, -0.05) is 18.7 Å². The Morgan fingerprint density at radius 3 is 2.65 bits per heavy atom. The number of benzene rings is 1. The first-order valence-corrected chi connectivity index (χ1v) is 6.02. The molecule has 0 heterocycles. The van der Waals surface area contributed by atoms with E-state index in [0.717, 1.165) is 4.90 Å². The third-order valence-corrected chi connectivity index (χ3v) is 2.48. The Morgan fingerprint density at radius 1 is 1.40 bits per heavy atom. The number of carbonyl (C=O) groups is 2. The first-order valence-electron chi connectivity index (χ1n) is 6.02. The van der Waals surface area contributed by atoms with Crippen molar-refractivity contribution < 1.29 is 18.7 Å². The molecule has 1 N–H and O–H groups in total. The predicted octanol–water partition coefficient (Wildman–Crippen LogP) is 2.09. The van der Waals surface area contributed by atoms with Crippen LogP contribution in [0.1, 0.15) is 6.92 Å². The summed E-state index contributed by atoms with van der Waals surface area (Å²) in [5.41, 5.74) is 0.462. The van der Waals surface area contributed by atoms with Crippen LogP contribution in [0.2, 0.25) is 0 Å². The maximum absolute atomic E-state index is 13.5. The minimum Gasteiger partial charge on any atom is -0.460 e. The van der Waals surface area contributed by atoms with Crippen LogP contribution in [0.5, 0.6) is 0 Å². The fourth-order valence-electron chi connectivity index (χ4n) is 1.38. The van der Waals surface area contributed by atoms with Gasteiger partial charge in [0.1, 0.15) is 12.4 Å². The van der Waals surface area contributed by atoms with Crippen LogP contribution in [0.25, 0.3) is 0 Å². The van der Waals surface area contributed by atoms with Gasteiger partial charge in [-0.3, -0.25) is 4.90 Å². The summed E-state index contributed by atoms with van der Waals surface area (Å²) >= 11 is 0. The highest BCUT2D eigenvalue weighted by Crippen LogP contribution is 2.16. The molecular weight excluding hydrogens is 263 g/mol. The molecule has 1 aromatic carbocycles. The van der Waals surface area contributed by atoms with E-state index in [2.05, 4.69) is 11.9 Å². The van der Waals surface area contributed by atoms with Gasteiger partial charge < -0.3 is 10.1 Å². The third kappa shape index (κ3) is 4.38. The van der Waals surface area contributed by atoms with E-state index in [1.54, 1.807) is 12.1 Å². The summed E-state index contributed by atoms with van der Waals surface area (Å²) in [6.45, 7) is 5.14. The second-order valence-electron chi connectivity index (χ2n) is 4.16. The zero-order valence-corrected chi connectivity index (χ0v) is 11.5. The lowest BCUT2D eigenvalue weighted by molar-refractivity contribution is -0.138. The third-order valence-electron chi connectivity index (χ3n) is 2.48. The topological polar surface area (TPSA) is 58.6 Å². The summed E-state index contributed by atoms with van der Waals surface area (Å²) in [5, 5.41) is 2.52. The Balaban J connectivity index is 2.42. The number of carbonyl (C=O) groups excluding carboxylic acids is 2. The molecule has 0 aliphatic rings. The highest BCUT2D eigenvalue weighted by molar-refractivity contribution is 5.91. The number of amides is 2. The van der Waals surface area contributed by atoms with Gasteiger partial charge in [0.2, 0.25) is 0 Å². The second kappa shape index (κ2) is 7.28. The van der Waals surface area contributed by atoms with E-state index >= 15 is 0 Å². The number of halogens is 1. The fourth-order valence-corrected chi connectivity index (χ4v) is 1.38. The van der Waals surface area contributed by atoms with Crippen LogP contribution in [-0.4, -0.2) is 32.2 Å². The molecule has 0 atom stereocenters. The van der Waals surface area contributed by atoms with Crippen molar-refractivity contribution in [1.82, 2.24) is 5.32 Å². The van der Waals surface area contributed by atoms with E-state index < -0.39 is 17.8 Å². The number of hydrogen-bond donors (Lipinski definition) is 1. The molecule has 0 aliphatic heterocycles. The van der Waals surface area contributed by atoms with Crippen LogP contribution >= 0.6 is 0 Å². The molecular formula is C14H17FN2O3. The highest BCUT2D eigenvalue weighted by Gasteiger charge is 2.13. The van der Waals surface area contributed by atoms with Gasteiger partial charge in [0.25, 0.3) is 0 Å². The molecule has 1 rings (SSSR count). The van der Waals surface area contributed by atoms with Crippen LogP contribution in [-0.2, 0) is 9.53 Å². The molecule has 0 bridgehead atoms. The number of anilines is 1. The van der Waals surface area contributed by atoms with Gasteiger partial charge in [-0.25, -0.2) is 14.0 Å². The van der Waals surface area contributed by atoms with Crippen molar-refractivity contribution in [2.75, 3.05) is 25.1 Å². The molecule has 20 heavy (non-hydrogen) atoms. The zero-order valence-electron chi connectivity index (χ0n) is 11.5. The quantitative estimate of drug-likeness (QED) is 0.510. The minimum absolute atomic E-state index is 0.0303. The average Bonchev–Trinajstić information content (AvgIpc) is 2.42. The Bertz CT molecular complexity index is 517. The van der Waals surface area contributed by atoms with Crippen molar-refractivity contribution in [2.24, 2.45) is 0 Å². The van der Waals surface area contributed by atoms with Crippen molar-refractivity contribution in [2.45, 2.75) is 6.92 Å². The minimum atomic E-state index is -0.512. The molecule has 1 aromatic rings. The Morgan fingerprint density at radius 2 is 2.05 bits per heavy atom. The number of ether oxygens (including phenoxy) is 1. The van der Waals surface area contributed by atoms with E-state index in [4.69, 9.17) is 4.74 Å². The summed E-state index contributed by atoms with van der Waals surface area (Å²) < 4.78 is 18.3. The first-order chi connectivity index (χ1) is 9.43. The highest BCUT2D eigenvalue weighted by atomic mass is 19.1. The van der Waals surface area contributed by atoms with Crippen LogP contribution in [0.4, 0.5) is 14.9 Å². The lowest BCUT2D eigenvalue weighted by Gasteiger charge is -2.18. The molecule has 0 aliphatic carbocycles. The van der Waals surface area contributed by atoms with Gasteiger partial charge in [-0.15, -0.1) is 0 Å². The summed E-state index contributed by atoms with van der Waals surface area (Å²) in [5.74, 6) is -0.999. The molecule has 0 fully saturated rings. The van der Waals surface area contributed by atoms with Crippen LogP contribution in [0.3, 0.4) is 0 Å². The molecule has 5 nitrogen and oxygen atoms in total. The van der Waals surface area contributed by atoms with Crippen molar-refractivity contribution in [1.29, 1.82) is 0 Å². The SMILES string of the molecule is C=C(C)C(=O)OCCNC(=O)N(C)c1ccccc1F. The monoisotopic (exact) mass is 280 g/mol. The summed E-state index contributed by atoms with van der Waals surface area (Å²) in [4.78, 5) is 24.0. The Kier molecular flexibility index (Phi) is 5.71. The van der Waals surface area contributed by atoms with Crippen molar-refractivity contribution in [3.8, 4) is 0 Å². The van der Waals surface area contributed by atoms with Crippen LogP contribution in [0.15, 0.2) is 36.4 Å². The summed E-state index contributed by atoms with van der Waals surface area (Å²) in [6, 6.07) is 5.46. The molecule has 0 aromatic heterocycles. The number of para-hydroxylation sites is 1. The molecule has 6 heteroatoms. The smallest absolute Gasteiger partial charge is 0.333 e. The Hall–Kier alpha value is -2.37. The van der Waals surface area contributed by atoms with Gasteiger partial charge in [-0.05, 0) is 19.1 Å². The number of hydrogen-bond acceptors (Lipinski definition) is 3. The van der Waals surface area contributed by atoms with Crippen molar-refractivity contribution in [3.63, 3.8) is 0 Å².